The molecular formula is C9H17N. The van der Waals surface area contributed by atoms with Crippen LogP contribution < -0.4 is 0 Å². The second kappa shape index (κ2) is 1.97. The van der Waals surface area contributed by atoms with E-state index in [1.807, 2.05) is 0 Å². The Morgan fingerprint density at radius 2 is 2.00 bits per heavy atom. The summed E-state index contributed by atoms with van der Waals surface area (Å²) in [6.45, 7) is 3.75. The van der Waals surface area contributed by atoms with Gasteiger partial charge in [0.15, 0.2) is 0 Å². The zero-order valence-electron chi connectivity index (χ0n) is 7.06. The summed E-state index contributed by atoms with van der Waals surface area (Å²) in [6.07, 6.45) is 5.83. The summed E-state index contributed by atoms with van der Waals surface area (Å²) in [6, 6.07) is 0.956. The second-order valence-corrected chi connectivity index (χ2v) is 4.46. The molecule has 0 aromatic carbocycles. The first-order valence-electron chi connectivity index (χ1n) is 4.40. The first-order chi connectivity index (χ1) is 4.70. The molecule has 0 spiro atoms. The molecule has 0 N–H and O–H groups in total. The highest BCUT2D eigenvalue weighted by Gasteiger charge is 2.40. The molecule has 0 atom stereocenters. The maximum absolute atomic E-state index is 2.55. The molecule has 0 aliphatic heterocycles. The van der Waals surface area contributed by atoms with Gasteiger partial charge in [-0.3, -0.25) is 0 Å². The van der Waals surface area contributed by atoms with Crippen molar-refractivity contribution in [3.63, 3.8) is 0 Å². The topological polar surface area (TPSA) is 3.24 Å². The molecule has 2 fully saturated rings. The van der Waals surface area contributed by atoms with E-state index in [0.29, 0.717) is 0 Å². The first kappa shape index (κ1) is 6.66. The molecule has 0 amide bonds. The van der Waals surface area contributed by atoms with E-state index in [4.69, 9.17) is 0 Å². The third-order valence-electron chi connectivity index (χ3n) is 2.90. The molecule has 0 bridgehead atoms. The van der Waals surface area contributed by atoms with Gasteiger partial charge in [0.05, 0.1) is 0 Å². The van der Waals surface area contributed by atoms with Crippen LogP contribution in [0.1, 0.15) is 32.6 Å². The summed E-state index contributed by atoms with van der Waals surface area (Å²) >= 11 is 0. The van der Waals surface area contributed by atoms with Crippen molar-refractivity contribution < 1.29 is 0 Å². The predicted octanol–water partition coefficient (Wildman–Crippen LogP) is 1.88. The minimum Gasteiger partial charge on any atom is -0.303 e. The van der Waals surface area contributed by atoms with Crippen molar-refractivity contribution in [3.05, 3.63) is 0 Å². The molecule has 0 saturated heterocycles. The quantitative estimate of drug-likeness (QED) is 0.577. The smallest absolute Gasteiger partial charge is 0.00936 e. The van der Waals surface area contributed by atoms with Gasteiger partial charge in [-0.2, -0.15) is 0 Å². The van der Waals surface area contributed by atoms with E-state index in [-0.39, 0.29) is 0 Å². The highest BCUT2D eigenvalue weighted by molar-refractivity contribution is 4.94. The second-order valence-electron chi connectivity index (χ2n) is 4.46. The lowest BCUT2D eigenvalue weighted by molar-refractivity contribution is 0.266. The Morgan fingerprint density at radius 1 is 1.40 bits per heavy atom. The maximum atomic E-state index is 2.55. The normalized spacial score (nSPS) is 29.1. The van der Waals surface area contributed by atoms with E-state index < -0.39 is 0 Å². The molecule has 2 rings (SSSR count). The fraction of sp³-hybridized carbons (Fsp3) is 1.00. The summed E-state index contributed by atoms with van der Waals surface area (Å²) in [5.74, 6) is 0. The van der Waals surface area contributed by atoms with Crippen LogP contribution in [-0.2, 0) is 0 Å². The van der Waals surface area contributed by atoms with Crippen LogP contribution in [-0.4, -0.2) is 24.5 Å². The lowest BCUT2D eigenvalue weighted by atomic mass is 10.1. The molecule has 0 aromatic heterocycles. The van der Waals surface area contributed by atoms with Crippen LogP contribution in [0.4, 0.5) is 0 Å². The van der Waals surface area contributed by atoms with Crippen LogP contribution in [0.2, 0.25) is 0 Å². The van der Waals surface area contributed by atoms with E-state index in [1.165, 1.54) is 32.2 Å². The Hall–Kier alpha value is -0.0400. The van der Waals surface area contributed by atoms with Crippen molar-refractivity contribution in [3.8, 4) is 0 Å². The van der Waals surface area contributed by atoms with Crippen molar-refractivity contribution in [2.45, 2.75) is 38.6 Å². The van der Waals surface area contributed by atoms with Crippen LogP contribution in [0.25, 0.3) is 0 Å². The average molecular weight is 139 g/mol. The van der Waals surface area contributed by atoms with Crippen molar-refractivity contribution in [1.82, 2.24) is 4.90 Å². The Balaban J connectivity index is 1.77. The molecule has 0 aromatic rings. The van der Waals surface area contributed by atoms with E-state index in [0.717, 1.165) is 11.5 Å². The molecule has 0 heterocycles. The van der Waals surface area contributed by atoms with E-state index in [1.54, 1.807) is 0 Å². The number of hydrogen-bond donors (Lipinski definition) is 0. The molecule has 2 aliphatic carbocycles. The lowest BCUT2D eigenvalue weighted by Gasteiger charge is -2.19. The largest absolute Gasteiger partial charge is 0.303 e. The number of rotatable bonds is 3. The van der Waals surface area contributed by atoms with Gasteiger partial charge < -0.3 is 4.90 Å². The van der Waals surface area contributed by atoms with Crippen LogP contribution in [0.3, 0.4) is 0 Å². The molecule has 1 heteroatoms. The summed E-state index contributed by atoms with van der Waals surface area (Å²) in [4.78, 5) is 2.55. The predicted molar refractivity (Wildman–Crippen MR) is 43.0 cm³/mol. The highest BCUT2D eigenvalue weighted by Crippen LogP contribution is 2.46. The van der Waals surface area contributed by atoms with Gasteiger partial charge in [0.2, 0.25) is 0 Å². The molecule has 0 unspecified atom stereocenters. The Labute approximate surface area is 63.4 Å². The van der Waals surface area contributed by atoms with Gasteiger partial charge in [0, 0.05) is 12.6 Å². The lowest BCUT2D eigenvalue weighted by Crippen LogP contribution is -2.27. The summed E-state index contributed by atoms with van der Waals surface area (Å²) in [5.41, 5.74) is 0.720. The minimum absolute atomic E-state index is 0.720. The SMILES string of the molecule is CN(CC1(C)CC1)C1CC1. The highest BCUT2D eigenvalue weighted by atomic mass is 15.2. The molecule has 10 heavy (non-hydrogen) atoms. The standard InChI is InChI=1S/C9H17N/c1-9(5-6-9)7-10(2)8-3-4-8/h8H,3-7H2,1-2H3. The molecule has 58 valence electrons. The molecular weight excluding hydrogens is 122 g/mol. The third kappa shape index (κ3) is 1.34. The van der Waals surface area contributed by atoms with Crippen molar-refractivity contribution >= 4 is 0 Å². The molecule has 2 saturated carbocycles. The molecule has 2 aliphatic rings. The number of hydrogen-bond acceptors (Lipinski definition) is 1. The van der Waals surface area contributed by atoms with Crippen molar-refractivity contribution in [2.75, 3.05) is 13.6 Å². The third-order valence-corrected chi connectivity index (χ3v) is 2.90. The Bertz CT molecular complexity index is 134. The van der Waals surface area contributed by atoms with Gasteiger partial charge >= 0.3 is 0 Å². The van der Waals surface area contributed by atoms with Crippen LogP contribution >= 0.6 is 0 Å². The summed E-state index contributed by atoms with van der Waals surface area (Å²) in [7, 11) is 2.28. The van der Waals surface area contributed by atoms with Gasteiger partial charge in [-0.05, 0) is 38.1 Å². The van der Waals surface area contributed by atoms with Crippen LogP contribution in [0.5, 0.6) is 0 Å². The van der Waals surface area contributed by atoms with Crippen molar-refractivity contribution in [1.29, 1.82) is 0 Å². The summed E-state index contributed by atoms with van der Waals surface area (Å²) in [5, 5.41) is 0. The fourth-order valence-electron chi connectivity index (χ4n) is 1.62. The monoisotopic (exact) mass is 139 g/mol. The van der Waals surface area contributed by atoms with Gasteiger partial charge in [-0.15, -0.1) is 0 Å². The van der Waals surface area contributed by atoms with Gasteiger partial charge in [-0.25, -0.2) is 0 Å². The van der Waals surface area contributed by atoms with E-state index in [2.05, 4.69) is 18.9 Å². The average Bonchev–Trinajstić information content (AvgIpc) is 2.60. The van der Waals surface area contributed by atoms with E-state index in [9.17, 15) is 0 Å². The Kier molecular flexibility index (Phi) is 1.31. The van der Waals surface area contributed by atoms with Crippen LogP contribution in [0.15, 0.2) is 0 Å². The first-order valence-corrected chi connectivity index (χ1v) is 4.40. The molecule has 1 nitrogen and oxygen atoms in total. The van der Waals surface area contributed by atoms with Gasteiger partial charge in [0.25, 0.3) is 0 Å². The summed E-state index contributed by atoms with van der Waals surface area (Å²) < 4.78 is 0. The molecule has 0 radical (unpaired) electrons. The van der Waals surface area contributed by atoms with E-state index >= 15 is 0 Å². The zero-order chi connectivity index (χ0) is 7.19. The maximum Gasteiger partial charge on any atom is 0.00936 e. The number of nitrogens with zero attached hydrogens (tertiary/aromatic N) is 1. The van der Waals surface area contributed by atoms with Gasteiger partial charge in [0.1, 0.15) is 0 Å². The van der Waals surface area contributed by atoms with Crippen LogP contribution in [0, 0.1) is 5.41 Å². The van der Waals surface area contributed by atoms with Gasteiger partial charge in [-0.1, -0.05) is 6.92 Å². The van der Waals surface area contributed by atoms with Crippen molar-refractivity contribution in [2.24, 2.45) is 5.41 Å². The minimum atomic E-state index is 0.720. The Morgan fingerprint density at radius 3 is 2.40 bits per heavy atom. The zero-order valence-corrected chi connectivity index (χ0v) is 7.06. The fourth-order valence-corrected chi connectivity index (χ4v) is 1.62.